The Balaban J connectivity index is 1.34. The third kappa shape index (κ3) is 5.21. The first kappa shape index (κ1) is 25.3. The van der Waals surface area contributed by atoms with Crippen molar-refractivity contribution in [1.29, 1.82) is 0 Å². The molecular formula is C28H28N4O5S. The van der Waals surface area contributed by atoms with E-state index in [2.05, 4.69) is 4.98 Å². The molecule has 4 aromatic rings. The number of H-pyrrole nitrogens is 1. The van der Waals surface area contributed by atoms with Crippen LogP contribution in [0.15, 0.2) is 83.9 Å². The molecule has 0 bridgehead atoms. The number of amides is 2. The highest BCUT2D eigenvalue weighted by atomic mass is 32.2. The van der Waals surface area contributed by atoms with Crippen molar-refractivity contribution >= 4 is 43.9 Å². The number of anilines is 2. The van der Waals surface area contributed by atoms with Crippen LogP contribution in [0.4, 0.5) is 11.4 Å². The van der Waals surface area contributed by atoms with Gasteiger partial charge in [-0.2, -0.15) is 0 Å². The number of aromatic hydroxyl groups is 1. The number of benzene rings is 3. The molecule has 2 heterocycles. The summed E-state index contributed by atoms with van der Waals surface area (Å²) in [6.07, 6.45) is 2.99. The van der Waals surface area contributed by atoms with E-state index < -0.39 is 9.84 Å². The summed E-state index contributed by atoms with van der Waals surface area (Å²) in [5.74, 6) is -0.490. The Bertz CT molecular complexity index is 1590. The van der Waals surface area contributed by atoms with Crippen LogP contribution in [0.25, 0.3) is 10.9 Å². The Kier molecular flexibility index (Phi) is 6.81. The quantitative estimate of drug-likeness (QED) is 0.394. The van der Waals surface area contributed by atoms with Gasteiger partial charge in [-0.25, -0.2) is 8.42 Å². The average Bonchev–Trinajstić information content (AvgIpc) is 3.39. The number of hydrogen-bond donors (Lipinski definition) is 2. The number of phenolic OH excluding ortho intramolecular Hbond substituents is 1. The lowest BCUT2D eigenvalue weighted by Gasteiger charge is -2.37. The summed E-state index contributed by atoms with van der Waals surface area (Å²) in [5, 5.41) is 10.7. The summed E-state index contributed by atoms with van der Waals surface area (Å²) in [6.45, 7) is 1.54. The Morgan fingerprint density at radius 2 is 1.66 bits per heavy atom. The monoisotopic (exact) mass is 532 g/mol. The molecule has 1 aromatic heterocycles. The average molecular weight is 533 g/mol. The zero-order chi connectivity index (χ0) is 26.9. The van der Waals surface area contributed by atoms with Crippen molar-refractivity contribution < 1.29 is 23.1 Å². The Morgan fingerprint density at radius 3 is 2.37 bits per heavy atom. The molecule has 0 aliphatic carbocycles. The minimum absolute atomic E-state index is 0.0609. The molecule has 2 N–H and O–H groups in total. The predicted molar refractivity (Wildman–Crippen MR) is 146 cm³/mol. The van der Waals surface area contributed by atoms with Gasteiger partial charge in [0.25, 0.3) is 5.91 Å². The van der Waals surface area contributed by atoms with Gasteiger partial charge in [-0.05, 0) is 60.0 Å². The lowest BCUT2D eigenvalue weighted by molar-refractivity contribution is -0.129. The number of sulfone groups is 1. The van der Waals surface area contributed by atoms with Crippen LogP contribution in [0.1, 0.15) is 10.4 Å². The minimum atomic E-state index is -3.39. The molecule has 9 nitrogen and oxygen atoms in total. The minimum Gasteiger partial charge on any atom is -0.508 e. The van der Waals surface area contributed by atoms with Gasteiger partial charge in [0.05, 0.1) is 10.6 Å². The fourth-order valence-electron chi connectivity index (χ4n) is 4.71. The van der Waals surface area contributed by atoms with Gasteiger partial charge in [-0.15, -0.1) is 0 Å². The molecule has 1 saturated heterocycles. The van der Waals surface area contributed by atoms with E-state index >= 15 is 0 Å². The van der Waals surface area contributed by atoms with Crippen LogP contribution < -0.4 is 9.80 Å². The van der Waals surface area contributed by atoms with Gasteiger partial charge in [0.15, 0.2) is 9.84 Å². The standard InChI is InChI=1S/C28H28N4O5S/c1-38(36,37)26-5-3-2-4-25(26)30-14-16-31(17-15-30)27(34)19-32(22-8-10-23(33)11-9-22)28(35)21-7-6-20-12-13-29-24(20)18-21/h2-13,18,29,33H,14-17,19H2,1H3. The largest absolute Gasteiger partial charge is 0.508 e. The summed E-state index contributed by atoms with van der Waals surface area (Å²) in [5.41, 5.74) is 2.37. The first-order valence-corrected chi connectivity index (χ1v) is 14.1. The summed E-state index contributed by atoms with van der Waals surface area (Å²) >= 11 is 0. The van der Waals surface area contributed by atoms with Gasteiger partial charge < -0.3 is 19.9 Å². The number of aromatic amines is 1. The Hall–Kier alpha value is -4.31. The van der Waals surface area contributed by atoms with Crippen molar-refractivity contribution in [3.05, 3.63) is 84.6 Å². The lowest BCUT2D eigenvalue weighted by Crippen LogP contribution is -2.52. The van der Waals surface area contributed by atoms with E-state index in [-0.39, 0.29) is 29.0 Å². The third-order valence-electron chi connectivity index (χ3n) is 6.74. The Morgan fingerprint density at radius 1 is 0.947 bits per heavy atom. The van der Waals surface area contributed by atoms with Gasteiger partial charge in [0.2, 0.25) is 5.91 Å². The zero-order valence-corrected chi connectivity index (χ0v) is 21.7. The van der Waals surface area contributed by atoms with Crippen molar-refractivity contribution in [2.45, 2.75) is 4.90 Å². The number of nitrogens with one attached hydrogen (secondary N) is 1. The fourth-order valence-corrected chi connectivity index (χ4v) is 5.62. The number of fused-ring (bicyclic) bond motifs is 1. The third-order valence-corrected chi connectivity index (χ3v) is 7.88. The van der Waals surface area contributed by atoms with Crippen LogP contribution in [-0.2, 0) is 14.6 Å². The number of hydrogen-bond acceptors (Lipinski definition) is 6. The molecule has 10 heteroatoms. The van der Waals surface area contributed by atoms with Crippen LogP contribution in [0.2, 0.25) is 0 Å². The van der Waals surface area contributed by atoms with Crippen LogP contribution in [-0.4, -0.2) is 74.2 Å². The second kappa shape index (κ2) is 10.2. The second-order valence-electron chi connectivity index (χ2n) is 9.30. The summed E-state index contributed by atoms with van der Waals surface area (Å²) in [4.78, 5) is 35.4. The summed E-state index contributed by atoms with van der Waals surface area (Å²) in [6, 6.07) is 20.3. The zero-order valence-electron chi connectivity index (χ0n) is 20.9. The number of rotatable bonds is 6. The highest BCUT2D eigenvalue weighted by Gasteiger charge is 2.28. The maximum absolute atomic E-state index is 13.6. The van der Waals surface area contributed by atoms with E-state index in [0.717, 1.165) is 10.9 Å². The molecule has 1 fully saturated rings. The van der Waals surface area contributed by atoms with Gasteiger partial charge in [-0.1, -0.05) is 18.2 Å². The van der Waals surface area contributed by atoms with Gasteiger partial charge in [0.1, 0.15) is 12.3 Å². The second-order valence-corrected chi connectivity index (χ2v) is 11.3. The smallest absolute Gasteiger partial charge is 0.258 e. The molecule has 1 aliphatic heterocycles. The highest BCUT2D eigenvalue weighted by molar-refractivity contribution is 7.90. The van der Waals surface area contributed by atoms with Gasteiger partial charge in [-0.3, -0.25) is 14.5 Å². The first-order valence-electron chi connectivity index (χ1n) is 12.2. The Labute approximate surface area is 220 Å². The van der Waals surface area contributed by atoms with Crippen molar-refractivity contribution in [3.8, 4) is 5.75 Å². The molecule has 38 heavy (non-hydrogen) atoms. The normalized spacial score (nSPS) is 14.0. The van der Waals surface area contributed by atoms with E-state index in [1.807, 2.05) is 17.0 Å². The molecule has 0 unspecified atom stereocenters. The van der Waals surface area contributed by atoms with Crippen LogP contribution >= 0.6 is 0 Å². The van der Waals surface area contributed by atoms with E-state index in [4.69, 9.17) is 0 Å². The van der Waals surface area contributed by atoms with Crippen molar-refractivity contribution in [1.82, 2.24) is 9.88 Å². The summed E-state index contributed by atoms with van der Waals surface area (Å²) < 4.78 is 24.5. The van der Waals surface area contributed by atoms with E-state index in [1.54, 1.807) is 59.6 Å². The first-order chi connectivity index (χ1) is 18.2. The van der Waals surface area contributed by atoms with E-state index in [9.17, 15) is 23.1 Å². The van der Waals surface area contributed by atoms with Crippen LogP contribution in [0.3, 0.4) is 0 Å². The van der Waals surface area contributed by atoms with Crippen molar-refractivity contribution in [2.75, 3.05) is 48.8 Å². The molecular weight excluding hydrogens is 504 g/mol. The molecule has 5 rings (SSSR count). The predicted octanol–water partition coefficient (Wildman–Crippen LogP) is 3.27. The van der Waals surface area contributed by atoms with E-state index in [1.165, 1.54) is 23.3 Å². The molecule has 3 aromatic carbocycles. The number of phenols is 1. The van der Waals surface area contributed by atoms with Crippen molar-refractivity contribution in [3.63, 3.8) is 0 Å². The molecule has 0 saturated carbocycles. The fraction of sp³-hybridized carbons (Fsp3) is 0.214. The van der Waals surface area contributed by atoms with Gasteiger partial charge in [0, 0.05) is 55.4 Å². The van der Waals surface area contributed by atoms with Crippen molar-refractivity contribution in [2.24, 2.45) is 0 Å². The molecule has 0 radical (unpaired) electrons. The molecule has 0 spiro atoms. The summed E-state index contributed by atoms with van der Waals surface area (Å²) in [7, 11) is -3.39. The number of para-hydroxylation sites is 1. The number of carbonyl (C=O) groups excluding carboxylic acids is 2. The van der Waals surface area contributed by atoms with E-state index in [0.29, 0.717) is 43.1 Å². The van der Waals surface area contributed by atoms with Crippen LogP contribution in [0.5, 0.6) is 5.75 Å². The molecule has 2 amide bonds. The SMILES string of the molecule is CS(=O)(=O)c1ccccc1N1CCN(C(=O)CN(C(=O)c2ccc3cc[nH]c3c2)c2ccc(O)cc2)CC1. The van der Waals surface area contributed by atoms with Crippen LogP contribution in [0, 0.1) is 0 Å². The maximum atomic E-state index is 13.6. The number of piperazine rings is 1. The highest BCUT2D eigenvalue weighted by Crippen LogP contribution is 2.27. The number of nitrogens with zero attached hydrogens (tertiary/aromatic N) is 3. The molecule has 196 valence electrons. The lowest BCUT2D eigenvalue weighted by atomic mass is 10.1. The molecule has 1 aliphatic rings. The van der Waals surface area contributed by atoms with Gasteiger partial charge >= 0.3 is 0 Å². The number of carbonyl (C=O) groups is 2. The maximum Gasteiger partial charge on any atom is 0.258 e. The number of aromatic nitrogens is 1. The molecule has 0 atom stereocenters. The topological polar surface area (TPSA) is 114 Å².